The minimum absolute atomic E-state index is 0.0192. The topological polar surface area (TPSA) is 108 Å². The first-order chi connectivity index (χ1) is 10.6. The lowest BCUT2D eigenvalue weighted by molar-refractivity contribution is -0.384. The van der Waals surface area contributed by atoms with Gasteiger partial charge in [0.15, 0.2) is 4.34 Å². The molecule has 112 valence electrons. The maximum Gasteiger partial charge on any atom is 0.269 e. The summed E-state index contributed by atoms with van der Waals surface area (Å²) in [5.74, 6) is 1.29. The minimum atomic E-state index is -0.455. The molecule has 0 saturated carbocycles. The first-order valence-electron chi connectivity index (χ1n) is 6.12. The number of nitro benzene ring substituents is 1. The van der Waals surface area contributed by atoms with Crippen LogP contribution in [0.4, 0.5) is 5.69 Å². The normalized spacial score (nSPS) is 10.8. The molecule has 8 nitrogen and oxygen atoms in total. The smallest absolute Gasteiger partial charge is 0.269 e. The zero-order valence-corrected chi connectivity index (χ0v) is 12.9. The van der Waals surface area contributed by atoms with Gasteiger partial charge in [-0.3, -0.25) is 10.1 Å². The van der Waals surface area contributed by atoms with Gasteiger partial charge in [-0.05, 0) is 19.1 Å². The lowest BCUT2D eigenvalue weighted by atomic mass is 10.2. The molecule has 0 aliphatic carbocycles. The zero-order chi connectivity index (χ0) is 15.5. The van der Waals surface area contributed by atoms with Crippen LogP contribution in [0.3, 0.4) is 0 Å². The Kier molecular flexibility index (Phi) is 4.11. The molecule has 10 heteroatoms. The summed E-state index contributed by atoms with van der Waals surface area (Å²) in [6, 6.07) is 5.96. The summed E-state index contributed by atoms with van der Waals surface area (Å²) in [5.41, 5.74) is 0.659. The number of rotatable bonds is 5. The van der Waals surface area contributed by atoms with Gasteiger partial charge in [0.05, 0.1) is 10.7 Å². The maximum absolute atomic E-state index is 10.6. The molecule has 0 unspecified atom stereocenters. The van der Waals surface area contributed by atoms with Gasteiger partial charge < -0.3 is 4.42 Å². The highest BCUT2D eigenvalue weighted by Gasteiger charge is 2.12. The highest BCUT2D eigenvalue weighted by atomic mass is 32.2. The molecule has 0 aliphatic rings. The molecule has 3 rings (SSSR count). The van der Waals surface area contributed by atoms with E-state index in [0.29, 0.717) is 23.1 Å². The fourth-order valence-electron chi connectivity index (χ4n) is 1.61. The summed E-state index contributed by atoms with van der Waals surface area (Å²) in [6.07, 6.45) is 0. The fraction of sp³-hybridized carbons (Fsp3) is 0.167. The Morgan fingerprint density at radius 3 is 2.64 bits per heavy atom. The Labute approximate surface area is 132 Å². The third kappa shape index (κ3) is 3.28. The van der Waals surface area contributed by atoms with E-state index >= 15 is 0 Å². The van der Waals surface area contributed by atoms with Gasteiger partial charge in [0, 0.05) is 17.7 Å². The van der Waals surface area contributed by atoms with E-state index in [9.17, 15) is 10.1 Å². The highest BCUT2D eigenvalue weighted by Crippen LogP contribution is 2.27. The molecule has 0 saturated heterocycles. The van der Waals surface area contributed by atoms with Crippen molar-refractivity contribution in [3.63, 3.8) is 0 Å². The summed E-state index contributed by atoms with van der Waals surface area (Å²) in [7, 11) is 0. The van der Waals surface area contributed by atoms with Gasteiger partial charge in [-0.15, -0.1) is 20.4 Å². The number of thioether (sulfide) groups is 1. The first-order valence-corrected chi connectivity index (χ1v) is 7.92. The van der Waals surface area contributed by atoms with E-state index in [-0.39, 0.29) is 5.69 Å². The zero-order valence-electron chi connectivity index (χ0n) is 11.3. The van der Waals surface area contributed by atoms with Gasteiger partial charge in [0.2, 0.25) is 11.8 Å². The lowest BCUT2D eigenvalue weighted by Crippen LogP contribution is -1.87. The van der Waals surface area contributed by atoms with Crippen LogP contribution in [-0.4, -0.2) is 25.3 Å². The molecule has 0 fully saturated rings. The third-order valence-electron chi connectivity index (χ3n) is 2.62. The second-order valence-electron chi connectivity index (χ2n) is 4.18. The van der Waals surface area contributed by atoms with Crippen LogP contribution in [0.5, 0.6) is 0 Å². The molecule has 0 atom stereocenters. The number of benzene rings is 1. The van der Waals surface area contributed by atoms with E-state index in [1.165, 1.54) is 35.2 Å². The van der Waals surface area contributed by atoms with Crippen LogP contribution in [-0.2, 0) is 5.75 Å². The number of hydrogen-bond donors (Lipinski definition) is 0. The van der Waals surface area contributed by atoms with Gasteiger partial charge in [-0.2, -0.15) is 0 Å². The van der Waals surface area contributed by atoms with Crippen molar-refractivity contribution in [3.05, 3.63) is 45.3 Å². The minimum Gasteiger partial charge on any atom is -0.420 e. The Morgan fingerprint density at radius 1 is 1.23 bits per heavy atom. The monoisotopic (exact) mass is 335 g/mol. The SMILES string of the molecule is Cc1nnc(SCc2nnc(-c3ccc([N+](=O)[O-])cc3)o2)s1. The first kappa shape index (κ1) is 14.6. The van der Waals surface area contributed by atoms with Crippen LogP contribution in [0.1, 0.15) is 10.9 Å². The van der Waals surface area contributed by atoms with Crippen molar-refractivity contribution in [2.75, 3.05) is 0 Å². The standard InChI is InChI=1S/C12H9N5O3S2/c1-7-13-16-12(22-7)21-6-10-14-15-11(20-10)8-2-4-9(5-3-8)17(18)19/h2-5H,6H2,1H3. The van der Waals surface area contributed by atoms with Crippen LogP contribution in [0.2, 0.25) is 0 Å². The van der Waals surface area contributed by atoms with Gasteiger partial charge in [0.1, 0.15) is 5.01 Å². The third-order valence-corrected chi connectivity index (χ3v) is 4.58. The van der Waals surface area contributed by atoms with E-state index < -0.39 is 4.92 Å². The van der Waals surface area contributed by atoms with Crippen molar-refractivity contribution in [1.29, 1.82) is 0 Å². The van der Waals surface area contributed by atoms with Gasteiger partial charge in [0.25, 0.3) is 5.69 Å². The Morgan fingerprint density at radius 2 is 2.00 bits per heavy atom. The summed E-state index contributed by atoms with van der Waals surface area (Å²) >= 11 is 2.97. The van der Waals surface area contributed by atoms with Gasteiger partial charge in [-0.1, -0.05) is 23.1 Å². The molecular formula is C12H9N5O3S2. The average molecular weight is 335 g/mol. The summed E-state index contributed by atoms with van der Waals surface area (Å²) in [6.45, 7) is 1.89. The second kappa shape index (κ2) is 6.20. The fourth-order valence-corrected chi connectivity index (χ4v) is 3.27. The molecule has 2 aromatic heterocycles. The predicted octanol–water partition coefficient (Wildman–Crippen LogP) is 3.10. The van der Waals surface area contributed by atoms with E-state index in [0.717, 1.165) is 9.35 Å². The number of nitrogens with zero attached hydrogens (tertiary/aromatic N) is 5. The Balaban J connectivity index is 1.69. The van der Waals surface area contributed by atoms with Crippen LogP contribution < -0.4 is 0 Å². The molecule has 3 aromatic rings. The molecule has 1 aromatic carbocycles. The van der Waals surface area contributed by atoms with Crippen LogP contribution >= 0.6 is 23.1 Å². The quantitative estimate of drug-likeness (QED) is 0.397. The second-order valence-corrected chi connectivity index (χ2v) is 6.58. The maximum atomic E-state index is 10.6. The number of nitro groups is 1. The van der Waals surface area contributed by atoms with E-state index in [4.69, 9.17) is 4.42 Å². The summed E-state index contributed by atoms with van der Waals surface area (Å²) < 4.78 is 6.38. The molecule has 0 aliphatic heterocycles. The number of hydrogen-bond acceptors (Lipinski definition) is 9. The average Bonchev–Trinajstić information content (AvgIpc) is 3.14. The molecule has 0 N–H and O–H groups in total. The van der Waals surface area contributed by atoms with Gasteiger partial charge >= 0.3 is 0 Å². The predicted molar refractivity (Wildman–Crippen MR) is 80.6 cm³/mol. The van der Waals surface area contributed by atoms with Crippen molar-refractivity contribution in [3.8, 4) is 11.5 Å². The summed E-state index contributed by atoms with van der Waals surface area (Å²) in [5, 5.41) is 27.4. The van der Waals surface area contributed by atoms with E-state index in [1.54, 1.807) is 12.1 Å². The van der Waals surface area contributed by atoms with Crippen LogP contribution in [0.25, 0.3) is 11.5 Å². The van der Waals surface area contributed by atoms with Crippen molar-refractivity contribution < 1.29 is 9.34 Å². The highest BCUT2D eigenvalue weighted by molar-refractivity contribution is 8.00. The van der Waals surface area contributed by atoms with Crippen LogP contribution in [0, 0.1) is 17.0 Å². The van der Waals surface area contributed by atoms with Crippen molar-refractivity contribution in [1.82, 2.24) is 20.4 Å². The number of non-ortho nitro benzene ring substituents is 1. The van der Waals surface area contributed by atoms with E-state index in [2.05, 4.69) is 20.4 Å². The number of aryl methyl sites for hydroxylation is 1. The largest absolute Gasteiger partial charge is 0.420 e. The molecule has 2 heterocycles. The molecule has 0 radical (unpaired) electrons. The lowest BCUT2D eigenvalue weighted by Gasteiger charge is -1.94. The molecule has 0 bridgehead atoms. The molecular weight excluding hydrogens is 326 g/mol. The molecule has 0 amide bonds. The van der Waals surface area contributed by atoms with Crippen LogP contribution in [0.15, 0.2) is 33.0 Å². The number of aromatic nitrogens is 4. The van der Waals surface area contributed by atoms with E-state index in [1.807, 2.05) is 6.92 Å². The molecule has 22 heavy (non-hydrogen) atoms. The summed E-state index contributed by atoms with van der Waals surface area (Å²) in [4.78, 5) is 10.2. The van der Waals surface area contributed by atoms with Crippen molar-refractivity contribution >= 4 is 28.8 Å². The Bertz CT molecular complexity index is 799. The van der Waals surface area contributed by atoms with Crippen molar-refractivity contribution in [2.45, 2.75) is 17.0 Å². The van der Waals surface area contributed by atoms with Crippen molar-refractivity contribution in [2.24, 2.45) is 0 Å². The Hall–Kier alpha value is -2.33. The molecule has 0 spiro atoms. The van der Waals surface area contributed by atoms with Gasteiger partial charge in [-0.25, -0.2) is 0 Å².